The van der Waals surface area contributed by atoms with Crippen LogP contribution in [0.4, 0.5) is 0 Å². The van der Waals surface area contributed by atoms with Gasteiger partial charge in [-0.2, -0.15) is 0 Å². The second-order valence-electron chi connectivity index (χ2n) is 4.56. The van der Waals surface area contributed by atoms with Gasteiger partial charge < -0.3 is 19.7 Å². The number of nitrogens with zero attached hydrogens (tertiary/aromatic N) is 1. The maximum Gasteiger partial charge on any atom is 0.0593 e. The number of rotatable bonds is 10. The monoisotopic (exact) mass is 244 g/mol. The second-order valence-corrected chi connectivity index (χ2v) is 4.56. The van der Waals surface area contributed by atoms with Crippen LogP contribution in [0.1, 0.15) is 20.3 Å². The molecule has 4 heteroatoms. The van der Waals surface area contributed by atoms with Crippen molar-refractivity contribution in [3.63, 3.8) is 0 Å². The van der Waals surface area contributed by atoms with Crippen molar-refractivity contribution < 1.29 is 9.47 Å². The molecule has 1 aliphatic heterocycles. The first-order chi connectivity index (χ1) is 8.36. The van der Waals surface area contributed by atoms with E-state index in [1.54, 1.807) is 0 Å². The Labute approximate surface area is 106 Å². The standard InChI is InChI=1S/C13H28N2O2/c1-3-15(8-10-16-4-2)7-6-14-11-13-5-9-17-12-13/h13-14H,3-12H2,1-2H3. The van der Waals surface area contributed by atoms with E-state index in [0.29, 0.717) is 0 Å². The fourth-order valence-electron chi connectivity index (χ4n) is 2.05. The first kappa shape index (κ1) is 14.9. The van der Waals surface area contributed by atoms with Gasteiger partial charge in [0.25, 0.3) is 0 Å². The Hall–Kier alpha value is -0.160. The van der Waals surface area contributed by atoms with Crippen LogP contribution >= 0.6 is 0 Å². The minimum atomic E-state index is 0.730. The second kappa shape index (κ2) is 9.83. The molecule has 0 bridgehead atoms. The molecule has 1 rings (SSSR count). The van der Waals surface area contributed by atoms with E-state index in [1.165, 1.54) is 6.42 Å². The van der Waals surface area contributed by atoms with Gasteiger partial charge in [-0.15, -0.1) is 0 Å². The van der Waals surface area contributed by atoms with Gasteiger partial charge in [-0.05, 0) is 25.8 Å². The van der Waals surface area contributed by atoms with Crippen LogP contribution in [-0.2, 0) is 9.47 Å². The summed E-state index contributed by atoms with van der Waals surface area (Å²) in [6.07, 6.45) is 1.22. The minimum Gasteiger partial charge on any atom is -0.381 e. The van der Waals surface area contributed by atoms with Crippen molar-refractivity contribution in [1.29, 1.82) is 0 Å². The highest BCUT2D eigenvalue weighted by atomic mass is 16.5. The zero-order valence-electron chi connectivity index (χ0n) is 11.4. The number of ether oxygens (including phenoxy) is 2. The largest absolute Gasteiger partial charge is 0.381 e. The van der Waals surface area contributed by atoms with Gasteiger partial charge in [-0.25, -0.2) is 0 Å². The van der Waals surface area contributed by atoms with Crippen molar-refractivity contribution in [2.24, 2.45) is 5.92 Å². The molecule has 4 nitrogen and oxygen atoms in total. The average Bonchev–Trinajstić information content (AvgIpc) is 2.85. The Bertz CT molecular complexity index is 173. The molecule has 0 aromatic carbocycles. The molecule has 0 spiro atoms. The summed E-state index contributed by atoms with van der Waals surface area (Å²) < 4.78 is 10.7. The Kier molecular flexibility index (Phi) is 8.61. The van der Waals surface area contributed by atoms with Gasteiger partial charge in [0.1, 0.15) is 0 Å². The molecule has 1 N–H and O–H groups in total. The molecule has 1 aliphatic rings. The van der Waals surface area contributed by atoms with Gasteiger partial charge in [0.2, 0.25) is 0 Å². The van der Waals surface area contributed by atoms with Crippen molar-refractivity contribution in [3.8, 4) is 0 Å². The zero-order valence-corrected chi connectivity index (χ0v) is 11.4. The molecule has 1 atom stereocenters. The maximum absolute atomic E-state index is 5.37. The molecule has 0 aromatic heterocycles. The van der Waals surface area contributed by atoms with Gasteiger partial charge in [-0.1, -0.05) is 6.92 Å². The van der Waals surface area contributed by atoms with E-state index >= 15 is 0 Å². The van der Waals surface area contributed by atoms with Gasteiger partial charge in [0, 0.05) is 39.4 Å². The van der Waals surface area contributed by atoms with E-state index in [-0.39, 0.29) is 0 Å². The summed E-state index contributed by atoms with van der Waals surface area (Å²) in [6, 6.07) is 0. The zero-order chi connectivity index (χ0) is 12.3. The summed E-state index contributed by atoms with van der Waals surface area (Å²) in [5.74, 6) is 0.730. The predicted molar refractivity (Wildman–Crippen MR) is 70.4 cm³/mol. The van der Waals surface area contributed by atoms with E-state index in [1.807, 2.05) is 6.92 Å². The molecule has 1 unspecified atom stereocenters. The lowest BCUT2D eigenvalue weighted by atomic mass is 10.1. The molecule has 1 saturated heterocycles. The Morgan fingerprint density at radius 3 is 2.88 bits per heavy atom. The third kappa shape index (κ3) is 6.99. The van der Waals surface area contributed by atoms with E-state index in [4.69, 9.17) is 9.47 Å². The predicted octanol–water partition coefficient (Wildman–Crippen LogP) is 0.971. The first-order valence-electron chi connectivity index (χ1n) is 6.95. The van der Waals surface area contributed by atoms with Crippen LogP contribution in [0.2, 0.25) is 0 Å². The summed E-state index contributed by atoms with van der Waals surface area (Å²) in [5, 5.41) is 3.52. The third-order valence-corrected chi connectivity index (χ3v) is 3.27. The normalized spacial score (nSPS) is 20.3. The Morgan fingerprint density at radius 2 is 2.24 bits per heavy atom. The van der Waals surface area contributed by atoms with Crippen molar-refractivity contribution in [2.75, 3.05) is 59.2 Å². The van der Waals surface area contributed by atoms with Crippen LogP contribution in [0.15, 0.2) is 0 Å². The van der Waals surface area contributed by atoms with Crippen molar-refractivity contribution in [3.05, 3.63) is 0 Å². The van der Waals surface area contributed by atoms with Crippen LogP contribution in [-0.4, -0.2) is 64.1 Å². The molecule has 1 fully saturated rings. The topological polar surface area (TPSA) is 33.7 Å². The maximum atomic E-state index is 5.37. The van der Waals surface area contributed by atoms with Crippen molar-refractivity contribution in [1.82, 2.24) is 10.2 Å². The highest BCUT2D eigenvalue weighted by molar-refractivity contribution is 4.67. The van der Waals surface area contributed by atoms with Gasteiger partial charge in [0.05, 0.1) is 13.2 Å². The smallest absolute Gasteiger partial charge is 0.0593 e. The van der Waals surface area contributed by atoms with E-state index in [0.717, 1.165) is 65.1 Å². The quantitative estimate of drug-likeness (QED) is 0.581. The fourth-order valence-corrected chi connectivity index (χ4v) is 2.05. The van der Waals surface area contributed by atoms with Gasteiger partial charge in [0.15, 0.2) is 0 Å². The Balaban J connectivity index is 1.94. The van der Waals surface area contributed by atoms with Gasteiger partial charge in [-0.3, -0.25) is 0 Å². The van der Waals surface area contributed by atoms with E-state index < -0.39 is 0 Å². The van der Waals surface area contributed by atoms with E-state index in [2.05, 4.69) is 17.1 Å². The molecule has 1 heterocycles. The van der Waals surface area contributed by atoms with Crippen LogP contribution < -0.4 is 5.32 Å². The number of hydrogen-bond acceptors (Lipinski definition) is 4. The summed E-state index contributed by atoms with van der Waals surface area (Å²) in [7, 11) is 0. The Morgan fingerprint density at radius 1 is 1.35 bits per heavy atom. The molecule has 0 amide bonds. The van der Waals surface area contributed by atoms with Crippen molar-refractivity contribution >= 4 is 0 Å². The number of likely N-dealkylation sites (N-methyl/N-ethyl adjacent to an activating group) is 1. The molecule has 102 valence electrons. The van der Waals surface area contributed by atoms with Crippen LogP contribution in [0, 0.1) is 5.92 Å². The molecule has 17 heavy (non-hydrogen) atoms. The number of hydrogen-bond donors (Lipinski definition) is 1. The molecular weight excluding hydrogens is 216 g/mol. The highest BCUT2D eigenvalue weighted by Crippen LogP contribution is 2.10. The van der Waals surface area contributed by atoms with Crippen molar-refractivity contribution in [2.45, 2.75) is 20.3 Å². The summed E-state index contributed by atoms with van der Waals surface area (Å²) in [6.45, 7) is 13.2. The fraction of sp³-hybridized carbons (Fsp3) is 1.00. The number of nitrogens with one attached hydrogen (secondary N) is 1. The molecule has 0 aliphatic carbocycles. The molecule has 0 aromatic rings. The lowest BCUT2D eigenvalue weighted by Crippen LogP contribution is -2.36. The van der Waals surface area contributed by atoms with E-state index in [9.17, 15) is 0 Å². The van der Waals surface area contributed by atoms with Crippen LogP contribution in [0.5, 0.6) is 0 Å². The SMILES string of the molecule is CCOCCN(CC)CCNCC1CCOC1. The van der Waals surface area contributed by atoms with Crippen LogP contribution in [0.25, 0.3) is 0 Å². The van der Waals surface area contributed by atoms with Crippen LogP contribution in [0.3, 0.4) is 0 Å². The minimum absolute atomic E-state index is 0.730. The first-order valence-corrected chi connectivity index (χ1v) is 6.95. The third-order valence-electron chi connectivity index (χ3n) is 3.27. The molecule has 0 saturated carbocycles. The summed E-state index contributed by atoms with van der Waals surface area (Å²) in [4.78, 5) is 2.42. The summed E-state index contributed by atoms with van der Waals surface area (Å²) in [5.41, 5.74) is 0. The summed E-state index contributed by atoms with van der Waals surface area (Å²) >= 11 is 0. The lowest BCUT2D eigenvalue weighted by Gasteiger charge is -2.20. The molecular formula is C13H28N2O2. The molecule has 0 radical (unpaired) electrons. The highest BCUT2D eigenvalue weighted by Gasteiger charge is 2.14. The lowest BCUT2D eigenvalue weighted by molar-refractivity contribution is 0.115. The van der Waals surface area contributed by atoms with Gasteiger partial charge >= 0.3 is 0 Å². The average molecular weight is 244 g/mol.